The van der Waals surface area contributed by atoms with Crippen molar-refractivity contribution in [3.63, 3.8) is 0 Å². The molecule has 0 saturated carbocycles. The number of unbranched alkanes of at least 4 members (excludes halogenated alkanes) is 7. The normalized spacial score (nSPS) is 10.6. The first-order chi connectivity index (χ1) is 15.4. The van der Waals surface area contributed by atoms with Crippen molar-refractivity contribution in [1.82, 2.24) is 0 Å². The van der Waals surface area contributed by atoms with E-state index < -0.39 is 16.3 Å². The zero-order valence-electron chi connectivity index (χ0n) is 20.1. The predicted octanol–water partition coefficient (Wildman–Crippen LogP) is -1.21. The molecule has 10 heteroatoms. The van der Waals surface area contributed by atoms with Crippen molar-refractivity contribution in [2.24, 2.45) is 0 Å². The van der Waals surface area contributed by atoms with Crippen molar-refractivity contribution >= 4 is 16.3 Å². The molecule has 2 rings (SSSR count). The van der Waals surface area contributed by atoms with Crippen LogP contribution in [-0.2, 0) is 27.8 Å². The molecule has 0 bridgehead atoms. The fraction of sp³-hybridized carbons (Fsp3) is 0.500. The Bertz CT molecular complexity index is 923. The van der Waals surface area contributed by atoms with Gasteiger partial charge in [0.05, 0.1) is 4.90 Å². The van der Waals surface area contributed by atoms with E-state index in [0.29, 0.717) is 6.54 Å². The van der Waals surface area contributed by atoms with Crippen molar-refractivity contribution in [3.05, 3.63) is 54.4 Å². The third-order valence-corrected chi connectivity index (χ3v) is 6.01. The Balaban J connectivity index is 0.00000544. The van der Waals surface area contributed by atoms with Gasteiger partial charge >= 0.3 is 35.7 Å². The van der Waals surface area contributed by atoms with Gasteiger partial charge in [-0.1, -0.05) is 51.9 Å². The number of aromatic nitrogens is 1. The summed E-state index contributed by atoms with van der Waals surface area (Å²) in [7, 11) is -4.53. The molecule has 1 aromatic heterocycles. The molecule has 0 amide bonds. The first-order valence-electron chi connectivity index (χ1n) is 11.3. The van der Waals surface area contributed by atoms with E-state index in [9.17, 15) is 17.8 Å². The Kier molecular flexibility index (Phi) is 17.5. The van der Waals surface area contributed by atoms with Crippen molar-refractivity contribution in [3.8, 4) is 5.75 Å². The Morgan fingerprint density at radius 3 is 2.03 bits per heavy atom. The minimum absolute atomic E-state index is 0. The molecule has 184 valence electrons. The van der Waals surface area contributed by atoms with Gasteiger partial charge < -0.3 is 26.4 Å². The van der Waals surface area contributed by atoms with Gasteiger partial charge in [-0.2, -0.15) is 0 Å². The number of benzene rings is 1. The largest absolute Gasteiger partial charge is 1.00 e. The third-order valence-electron chi connectivity index (χ3n) is 5.16. The zero-order valence-corrected chi connectivity index (χ0v) is 23.7. The molecule has 0 saturated heterocycles. The second-order valence-corrected chi connectivity index (χ2v) is 9.17. The quantitative estimate of drug-likeness (QED) is 0.0772. The van der Waals surface area contributed by atoms with E-state index in [0.717, 1.165) is 18.6 Å². The minimum atomic E-state index is -4.53. The summed E-state index contributed by atoms with van der Waals surface area (Å²) >= 11 is 0. The molecule has 0 fully saturated rings. The average molecular weight is 522 g/mol. The van der Waals surface area contributed by atoms with Crippen LogP contribution in [0.25, 0.3) is 0 Å². The number of carbonyl (C=O) groups is 1. The van der Waals surface area contributed by atoms with Crippen LogP contribution in [-0.4, -0.2) is 25.7 Å². The number of rotatable bonds is 14. The number of halogens is 1. The van der Waals surface area contributed by atoms with E-state index in [4.69, 9.17) is 9.47 Å². The third kappa shape index (κ3) is 13.7. The SMILES string of the molecule is CCCCCCCCCCc1cc[n+](CCOC(=O)Oc2ccc(S(=O)(=O)[O-])cc2)cc1.[Cl-].[Na+]. The average Bonchev–Trinajstić information content (AvgIpc) is 2.76. The fourth-order valence-corrected chi connectivity index (χ4v) is 3.77. The smallest absolute Gasteiger partial charge is 1.00 e. The summed E-state index contributed by atoms with van der Waals surface area (Å²) in [5.74, 6) is 0.0976. The van der Waals surface area contributed by atoms with E-state index in [2.05, 4.69) is 19.1 Å². The number of carbonyl (C=O) groups excluding carboxylic acids is 1. The summed E-state index contributed by atoms with van der Waals surface area (Å²) in [4.78, 5) is 11.4. The molecule has 7 nitrogen and oxygen atoms in total. The molecule has 0 spiro atoms. The first kappa shape index (κ1) is 32.8. The monoisotopic (exact) mass is 521 g/mol. The maximum absolute atomic E-state index is 11.7. The Morgan fingerprint density at radius 1 is 0.912 bits per heavy atom. The van der Waals surface area contributed by atoms with Crippen LogP contribution in [0.15, 0.2) is 53.7 Å². The topological polar surface area (TPSA) is 96.6 Å². The number of aryl methyl sites for hydroxylation is 1. The molecule has 0 N–H and O–H groups in total. The van der Waals surface area contributed by atoms with E-state index >= 15 is 0 Å². The maximum Gasteiger partial charge on any atom is 1.00 e. The van der Waals surface area contributed by atoms with Crippen LogP contribution in [0.3, 0.4) is 0 Å². The molecule has 0 aliphatic rings. The van der Waals surface area contributed by atoms with Gasteiger partial charge in [-0.25, -0.2) is 17.8 Å². The van der Waals surface area contributed by atoms with Crippen LogP contribution >= 0.6 is 0 Å². The molecule has 1 aromatic carbocycles. The summed E-state index contributed by atoms with van der Waals surface area (Å²) in [5, 5.41) is 0. The number of pyridine rings is 1. The van der Waals surface area contributed by atoms with Gasteiger partial charge in [0.1, 0.15) is 15.9 Å². The van der Waals surface area contributed by atoms with Gasteiger partial charge in [0.2, 0.25) is 0 Å². The van der Waals surface area contributed by atoms with E-state index in [1.54, 1.807) is 0 Å². The second kappa shape index (κ2) is 18.2. The number of ether oxygens (including phenoxy) is 2. The second-order valence-electron chi connectivity index (χ2n) is 7.80. The van der Waals surface area contributed by atoms with Crippen LogP contribution in [0.1, 0.15) is 63.9 Å². The van der Waals surface area contributed by atoms with Crippen LogP contribution in [0, 0.1) is 0 Å². The van der Waals surface area contributed by atoms with E-state index in [1.807, 2.05) is 17.0 Å². The Hall–Kier alpha value is -1.16. The van der Waals surface area contributed by atoms with Crippen molar-refractivity contribution in [2.75, 3.05) is 6.61 Å². The summed E-state index contributed by atoms with van der Waals surface area (Å²) in [6, 6.07) is 8.79. The molecule has 0 unspecified atom stereocenters. The summed E-state index contributed by atoms with van der Waals surface area (Å²) < 4.78 is 44.6. The molecular weight excluding hydrogens is 489 g/mol. The number of hydrogen-bond donors (Lipinski definition) is 0. The van der Waals surface area contributed by atoms with Gasteiger partial charge in [0, 0.05) is 12.1 Å². The van der Waals surface area contributed by atoms with Crippen LogP contribution < -0.4 is 51.3 Å². The van der Waals surface area contributed by atoms with Crippen LogP contribution in [0.2, 0.25) is 0 Å². The molecule has 0 aliphatic carbocycles. The Labute approximate surface area is 231 Å². The molecule has 34 heavy (non-hydrogen) atoms. The van der Waals surface area contributed by atoms with E-state index in [1.165, 1.54) is 69.1 Å². The molecular formula is C24H33ClNNaO6S. The summed E-state index contributed by atoms with van der Waals surface area (Å²) in [6.45, 7) is 2.86. The Morgan fingerprint density at radius 2 is 1.47 bits per heavy atom. The fourth-order valence-electron chi connectivity index (χ4n) is 3.30. The first-order valence-corrected chi connectivity index (χ1v) is 12.7. The van der Waals surface area contributed by atoms with Gasteiger partial charge in [0.25, 0.3) is 0 Å². The van der Waals surface area contributed by atoms with Gasteiger partial charge in [0.15, 0.2) is 25.5 Å². The van der Waals surface area contributed by atoms with Gasteiger partial charge in [-0.15, -0.1) is 0 Å². The van der Waals surface area contributed by atoms with E-state index in [-0.39, 0.29) is 59.2 Å². The minimum Gasteiger partial charge on any atom is -1.00 e. The van der Waals surface area contributed by atoms with Crippen molar-refractivity contribution in [2.45, 2.75) is 76.2 Å². The standard InChI is InChI=1S/C24H33NO6S.ClH.Na/c1-2-3-4-5-6-7-8-9-10-21-15-17-25(18-16-21)19-20-30-24(26)31-22-11-13-23(14-12-22)32(27,28)29;;/h11-18H,2-10,19-20H2,1H3;1H;/q;;+1/p-1. The molecule has 0 radical (unpaired) electrons. The summed E-state index contributed by atoms with van der Waals surface area (Å²) in [5.41, 5.74) is 1.30. The number of nitrogens with zero attached hydrogens (tertiary/aromatic N) is 1. The number of hydrogen-bond acceptors (Lipinski definition) is 6. The van der Waals surface area contributed by atoms with Crippen molar-refractivity contribution in [1.29, 1.82) is 0 Å². The van der Waals surface area contributed by atoms with Crippen molar-refractivity contribution < 1.29 is 73.8 Å². The predicted molar refractivity (Wildman–Crippen MR) is 119 cm³/mol. The van der Waals surface area contributed by atoms with Crippen LogP contribution in [0.4, 0.5) is 4.79 Å². The van der Waals surface area contributed by atoms with Crippen LogP contribution in [0.5, 0.6) is 5.75 Å². The molecule has 0 atom stereocenters. The molecule has 0 aliphatic heterocycles. The maximum atomic E-state index is 11.7. The molecule has 2 aromatic rings. The van der Waals surface area contributed by atoms with Gasteiger partial charge in [-0.3, -0.25) is 0 Å². The van der Waals surface area contributed by atoms with Gasteiger partial charge in [-0.05, 0) is 42.7 Å². The summed E-state index contributed by atoms with van der Waals surface area (Å²) in [6.07, 6.45) is 14.6. The molecule has 1 heterocycles. The zero-order chi connectivity index (χ0) is 23.2.